The largest absolute Gasteiger partial charge is 0.311 e. The van der Waals surface area contributed by atoms with Crippen molar-refractivity contribution in [2.75, 3.05) is 22.5 Å². The van der Waals surface area contributed by atoms with Gasteiger partial charge in [0.15, 0.2) is 5.82 Å². The molecule has 1 fully saturated rings. The normalized spacial score (nSPS) is 15.8. The lowest BCUT2D eigenvalue weighted by Gasteiger charge is -2.16. The van der Waals surface area contributed by atoms with Crippen LogP contribution in [-0.2, 0) is 16.0 Å². The number of hydrogen-bond acceptors (Lipinski definition) is 5. The van der Waals surface area contributed by atoms with Crippen molar-refractivity contribution >= 4 is 35.1 Å². The fraction of sp³-hybridized carbons (Fsp3) is 0.333. The summed E-state index contributed by atoms with van der Waals surface area (Å²) in [6, 6.07) is 11.5. The van der Waals surface area contributed by atoms with E-state index in [9.17, 15) is 9.59 Å². The van der Waals surface area contributed by atoms with Gasteiger partial charge in [0.05, 0.1) is 5.75 Å². The number of benzene rings is 1. The molecule has 1 aromatic carbocycles. The average Bonchev–Trinajstić information content (AvgIpc) is 3.40. The summed E-state index contributed by atoms with van der Waals surface area (Å²) in [7, 11) is 0. The molecule has 0 unspecified atom stereocenters. The van der Waals surface area contributed by atoms with Crippen LogP contribution in [0.15, 0.2) is 41.4 Å². The maximum atomic E-state index is 12.5. The summed E-state index contributed by atoms with van der Waals surface area (Å²) in [6.45, 7) is 0.733. The Morgan fingerprint density at radius 1 is 1.16 bits per heavy atom. The number of fused-ring (bicyclic) bond motifs is 1. The van der Waals surface area contributed by atoms with E-state index in [2.05, 4.69) is 21.6 Å². The second-order valence-electron chi connectivity index (χ2n) is 6.23. The van der Waals surface area contributed by atoms with Crippen molar-refractivity contribution in [3.05, 3.63) is 42.0 Å². The van der Waals surface area contributed by atoms with Gasteiger partial charge in [-0.25, -0.2) is 0 Å². The molecule has 4 rings (SSSR count). The molecule has 1 aromatic heterocycles. The molecule has 128 valence electrons. The fourth-order valence-electron chi connectivity index (χ4n) is 2.85. The highest BCUT2D eigenvalue weighted by molar-refractivity contribution is 7.99. The zero-order chi connectivity index (χ0) is 17.2. The van der Waals surface area contributed by atoms with Crippen LogP contribution in [-0.4, -0.2) is 34.3 Å². The van der Waals surface area contributed by atoms with E-state index in [0.717, 1.165) is 31.5 Å². The van der Waals surface area contributed by atoms with Crippen molar-refractivity contribution < 1.29 is 9.59 Å². The van der Waals surface area contributed by atoms with Crippen molar-refractivity contribution in [3.63, 3.8) is 0 Å². The van der Waals surface area contributed by atoms with Crippen LogP contribution in [0.1, 0.15) is 18.4 Å². The minimum atomic E-state index is 0.0116. The van der Waals surface area contributed by atoms with Gasteiger partial charge < -0.3 is 10.2 Å². The number of rotatable bonds is 5. The van der Waals surface area contributed by atoms with Gasteiger partial charge in [0.25, 0.3) is 0 Å². The number of nitrogens with zero attached hydrogens (tertiary/aromatic N) is 3. The van der Waals surface area contributed by atoms with Crippen molar-refractivity contribution in [2.24, 2.45) is 5.92 Å². The molecule has 0 atom stereocenters. The lowest BCUT2D eigenvalue weighted by molar-refractivity contribution is -0.117. The summed E-state index contributed by atoms with van der Waals surface area (Å²) in [5.74, 6) is 0.995. The molecular weight excluding hydrogens is 336 g/mol. The van der Waals surface area contributed by atoms with E-state index < -0.39 is 0 Å². The number of para-hydroxylation sites is 1. The molecule has 0 bridgehead atoms. The molecule has 2 heterocycles. The maximum absolute atomic E-state index is 12.5. The minimum absolute atomic E-state index is 0.0116. The Bertz CT molecular complexity index is 805. The molecule has 1 N–H and O–H groups in total. The molecule has 1 saturated carbocycles. The van der Waals surface area contributed by atoms with Gasteiger partial charge in [-0.05, 0) is 43.0 Å². The Morgan fingerprint density at radius 2 is 2.00 bits per heavy atom. The monoisotopic (exact) mass is 354 g/mol. The Hall–Kier alpha value is -2.41. The Balaban J connectivity index is 1.32. The zero-order valence-electron chi connectivity index (χ0n) is 13.6. The topological polar surface area (TPSA) is 75.2 Å². The fourth-order valence-corrected chi connectivity index (χ4v) is 3.54. The maximum Gasteiger partial charge on any atom is 0.237 e. The molecule has 2 amide bonds. The Kier molecular flexibility index (Phi) is 4.40. The first-order valence-electron chi connectivity index (χ1n) is 8.36. The third-order valence-electron chi connectivity index (χ3n) is 4.37. The lowest BCUT2D eigenvalue weighted by atomic mass is 10.2. The van der Waals surface area contributed by atoms with Crippen LogP contribution in [0.2, 0.25) is 0 Å². The van der Waals surface area contributed by atoms with Gasteiger partial charge in [-0.2, -0.15) is 0 Å². The van der Waals surface area contributed by atoms with Crippen molar-refractivity contribution in [2.45, 2.75) is 24.3 Å². The lowest BCUT2D eigenvalue weighted by Crippen LogP contribution is -2.30. The van der Waals surface area contributed by atoms with Gasteiger partial charge in [-0.1, -0.05) is 30.0 Å². The Morgan fingerprint density at radius 3 is 2.76 bits per heavy atom. The predicted octanol–water partition coefficient (Wildman–Crippen LogP) is 2.51. The van der Waals surface area contributed by atoms with Gasteiger partial charge in [0, 0.05) is 18.2 Å². The number of aromatic nitrogens is 2. The molecule has 2 aromatic rings. The number of carbonyl (C=O) groups excluding carboxylic acids is 2. The first-order valence-corrected chi connectivity index (χ1v) is 9.35. The SMILES string of the molecule is O=C(Nc1ccc(SCC(=O)N2CCc3ccccc32)nn1)C1CC1. The van der Waals surface area contributed by atoms with Crippen LogP contribution in [0.25, 0.3) is 0 Å². The summed E-state index contributed by atoms with van der Waals surface area (Å²) in [4.78, 5) is 26.0. The number of hydrogen-bond donors (Lipinski definition) is 1. The van der Waals surface area contributed by atoms with Crippen molar-refractivity contribution in [1.29, 1.82) is 0 Å². The first kappa shape index (κ1) is 16.1. The van der Waals surface area contributed by atoms with Crippen molar-refractivity contribution in [3.8, 4) is 0 Å². The van der Waals surface area contributed by atoms with E-state index >= 15 is 0 Å². The standard InChI is InChI=1S/C18H18N4O2S/c23-17(22-10-9-12-3-1-2-4-14(12)22)11-25-16-8-7-15(20-21-16)19-18(24)13-5-6-13/h1-4,7-8,13H,5-6,9-11H2,(H,19,20,24). The van der Waals surface area contributed by atoms with Gasteiger partial charge in [0.1, 0.15) is 5.03 Å². The molecule has 0 radical (unpaired) electrons. The van der Waals surface area contributed by atoms with E-state index in [0.29, 0.717) is 16.6 Å². The summed E-state index contributed by atoms with van der Waals surface area (Å²) >= 11 is 1.36. The first-order chi connectivity index (χ1) is 12.2. The van der Waals surface area contributed by atoms with Gasteiger partial charge >= 0.3 is 0 Å². The molecule has 25 heavy (non-hydrogen) atoms. The summed E-state index contributed by atoms with van der Waals surface area (Å²) in [6.07, 6.45) is 2.81. The Labute approximate surface area is 150 Å². The third kappa shape index (κ3) is 3.66. The van der Waals surface area contributed by atoms with Crippen LogP contribution in [0, 0.1) is 5.92 Å². The van der Waals surface area contributed by atoms with Crippen LogP contribution in [0.5, 0.6) is 0 Å². The number of thioether (sulfide) groups is 1. The molecule has 2 aliphatic rings. The van der Waals surface area contributed by atoms with E-state index in [1.54, 1.807) is 12.1 Å². The number of carbonyl (C=O) groups is 2. The van der Waals surface area contributed by atoms with Gasteiger partial charge in [-0.15, -0.1) is 10.2 Å². The quantitative estimate of drug-likeness (QED) is 0.835. The zero-order valence-corrected chi connectivity index (χ0v) is 14.5. The summed E-state index contributed by atoms with van der Waals surface area (Å²) in [5.41, 5.74) is 2.23. The van der Waals surface area contributed by atoms with Crippen LogP contribution in [0.4, 0.5) is 11.5 Å². The van der Waals surface area contributed by atoms with E-state index in [-0.39, 0.29) is 17.7 Å². The van der Waals surface area contributed by atoms with Crippen LogP contribution >= 0.6 is 11.8 Å². The van der Waals surface area contributed by atoms with Crippen LogP contribution in [0.3, 0.4) is 0 Å². The van der Waals surface area contributed by atoms with E-state index in [1.807, 2.05) is 23.1 Å². The second kappa shape index (κ2) is 6.84. The molecule has 0 spiro atoms. The highest BCUT2D eigenvalue weighted by atomic mass is 32.2. The number of nitrogens with one attached hydrogen (secondary N) is 1. The summed E-state index contributed by atoms with van der Waals surface area (Å²) < 4.78 is 0. The molecule has 1 aliphatic heterocycles. The number of amides is 2. The highest BCUT2D eigenvalue weighted by Gasteiger charge is 2.29. The average molecular weight is 354 g/mol. The predicted molar refractivity (Wildman–Crippen MR) is 96.6 cm³/mol. The number of anilines is 2. The molecule has 0 saturated heterocycles. The molecule has 7 heteroatoms. The molecule has 1 aliphatic carbocycles. The summed E-state index contributed by atoms with van der Waals surface area (Å²) in [5, 5.41) is 11.5. The second-order valence-corrected chi connectivity index (χ2v) is 7.23. The molecule has 6 nitrogen and oxygen atoms in total. The highest BCUT2D eigenvalue weighted by Crippen LogP contribution is 2.30. The van der Waals surface area contributed by atoms with E-state index in [4.69, 9.17) is 0 Å². The van der Waals surface area contributed by atoms with Gasteiger partial charge in [-0.3, -0.25) is 9.59 Å². The van der Waals surface area contributed by atoms with E-state index in [1.165, 1.54) is 17.3 Å². The minimum Gasteiger partial charge on any atom is -0.311 e. The molecular formula is C18H18N4O2S. The third-order valence-corrected chi connectivity index (χ3v) is 5.28. The smallest absolute Gasteiger partial charge is 0.237 e. The van der Waals surface area contributed by atoms with Crippen LogP contribution < -0.4 is 10.2 Å². The van der Waals surface area contributed by atoms with Gasteiger partial charge in [0.2, 0.25) is 11.8 Å². The van der Waals surface area contributed by atoms with Crippen molar-refractivity contribution in [1.82, 2.24) is 10.2 Å².